The van der Waals surface area contributed by atoms with E-state index < -0.39 is 4.92 Å². The van der Waals surface area contributed by atoms with Crippen LogP contribution in [0.3, 0.4) is 0 Å². The SMILES string of the molecule is Nc1c(I)cc(I)cc1C(=O)Nc1ccc([N+](=O)[O-])cc1. The van der Waals surface area contributed by atoms with Crippen LogP contribution >= 0.6 is 45.2 Å². The number of anilines is 2. The molecule has 2 aromatic carbocycles. The fourth-order valence-corrected chi connectivity index (χ4v) is 3.48. The number of nitrogen functional groups attached to an aromatic ring is 1. The Morgan fingerprint density at radius 2 is 1.81 bits per heavy atom. The van der Waals surface area contributed by atoms with Crippen LogP contribution in [0.1, 0.15) is 10.4 Å². The van der Waals surface area contributed by atoms with Gasteiger partial charge in [0.05, 0.1) is 16.2 Å². The third-order valence-electron chi connectivity index (χ3n) is 2.67. The Labute approximate surface area is 147 Å². The van der Waals surface area contributed by atoms with E-state index in [4.69, 9.17) is 5.73 Å². The number of benzene rings is 2. The summed E-state index contributed by atoms with van der Waals surface area (Å²) in [7, 11) is 0. The number of hydrogen-bond donors (Lipinski definition) is 2. The molecule has 6 nitrogen and oxygen atoms in total. The third-order valence-corrected chi connectivity index (χ3v) is 4.19. The fourth-order valence-electron chi connectivity index (χ4n) is 1.64. The van der Waals surface area contributed by atoms with Gasteiger partial charge in [-0.1, -0.05) is 0 Å². The Kier molecular flexibility index (Phi) is 4.98. The number of amides is 1. The number of rotatable bonds is 3. The number of halogens is 2. The zero-order valence-electron chi connectivity index (χ0n) is 10.5. The highest BCUT2D eigenvalue weighted by Gasteiger charge is 2.14. The zero-order chi connectivity index (χ0) is 15.6. The number of nitrogens with one attached hydrogen (secondary N) is 1. The third kappa shape index (κ3) is 3.81. The quantitative estimate of drug-likeness (QED) is 0.286. The van der Waals surface area contributed by atoms with E-state index in [0.717, 1.165) is 7.14 Å². The van der Waals surface area contributed by atoms with E-state index in [1.54, 1.807) is 6.07 Å². The van der Waals surface area contributed by atoms with Gasteiger partial charge in [0.2, 0.25) is 0 Å². The van der Waals surface area contributed by atoms with Crippen LogP contribution < -0.4 is 11.1 Å². The Hall–Kier alpha value is -1.43. The van der Waals surface area contributed by atoms with Crippen molar-refractivity contribution in [2.45, 2.75) is 0 Å². The second-order valence-electron chi connectivity index (χ2n) is 4.11. The minimum Gasteiger partial charge on any atom is -0.397 e. The highest BCUT2D eigenvalue weighted by Crippen LogP contribution is 2.24. The molecule has 0 heterocycles. The van der Waals surface area contributed by atoms with E-state index in [-0.39, 0.29) is 11.6 Å². The van der Waals surface area contributed by atoms with Gasteiger partial charge < -0.3 is 11.1 Å². The predicted molar refractivity (Wildman–Crippen MR) is 97.3 cm³/mol. The van der Waals surface area contributed by atoms with E-state index >= 15 is 0 Å². The molecular formula is C13H9I2N3O3. The van der Waals surface area contributed by atoms with Crippen LogP contribution in [0.5, 0.6) is 0 Å². The molecule has 8 heteroatoms. The standard InChI is InChI=1S/C13H9I2N3O3/c14-7-5-10(12(16)11(15)6-7)13(19)17-8-1-3-9(4-2-8)18(20)21/h1-6H,16H2,(H,17,19). The fraction of sp³-hybridized carbons (Fsp3) is 0. The first-order valence-electron chi connectivity index (χ1n) is 5.69. The van der Waals surface area contributed by atoms with Gasteiger partial charge >= 0.3 is 0 Å². The molecule has 21 heavy (non-hydrogen) atoms. The molecule has 0 aliphatic heterocycles. The van der Waals surface area contributed by atoms with Crippen molar-refractivity contribution >= 4 is 68.2 Å². The van der Waals surface area contributed by atoms with Gasteiger partial charge in [-0.3, -0.25) is 14.9 Å². The average Bonchev–Trinajstić information content (AvgIpc) is 2.43. The number of nitrogens with zero attached hydrogens (tertiary/aromatic N) is 1. The van der Waals surface area contributed by atoms with Crippen LogP contribution in [-0.4, -0.2) is 10.8 Å². The van der Waals surface area contributed by atoms with E-state index in [2.05, 4.69) is 50.5 Å². The van der Waals surface area contributed by atoms with Crippen molar-refractivity contribution in [3.8, 4) is 0 Å². The molecular weight excluding hydrogens is 500 g/mol. The predicted octanol–water partition coefficient (Wildman–Crippen LogP) is 3.64. The number of carbonyl (C=O) groups is 1. The Balaban J connectivity index is 2.24. The molecule has 0 fully saturated rings. The summed E-state index contributed by atoms with van der Waals surface area (Å²) in [5.41, 5.74) is 7.14. The first-order valence-corrected chi connectivity index (χ1v) is 7.84. The normalized spacial score (nSPS) is 10.2. The molecule has 0 spiro atoms. The number of nitro groups is 1. The molecule has 108 valence electrons. The first kappa shape index (κ1) is 15.9. The van der Waals surface area contributed by atoms with Crippen molar-refractivity contribution in [2.75, 3.05) is 11.1 Å². The molecule has 0 radical (unpaired) electrons. The summed E-state index contributed by atoms with van der Waals surface area (Å²) in [5, 5.41) is 13.2. The Morgan fingerprint density at radius 3 is 2.38 bits per heavy atom. The molecule has 2 aromatic rings. The summed E-state index contributed by atoms with van der Waals surface area (Å²) < 4.78 is 1.70. The van der Waals surface area contributed by atoms with E-state index in [0.29, 0.717) is 16.9 Å². The minimum atomic E-state index is -0.495. The maximum absolute atomic E-state index is 12.2. The van der Waals surface area contributed by atoms with Crippen molar-refractivity contribution in [1.82, 2.24) is 0 Å². The lowest BCUT2D eigenvalue weighted by Crippen LogP contribution is -2.15. The number of nitrogens with two attached hydrogens (primary N) is 1. The molecule has 3 N–H and O–H groups in total. The molecule has 0 aromatic heterocycles. The van der Waals surface area contributed by atoms with Crippen molar-refractivity contribution in [3.05, 3.63) is 59.2 Å². The highest BCUT2D eigenvalue weighted by molar-refractivity contribution is 14.1. The Bertz CT molecular complexity index is 717. The number of non-ortho nitro benzene ring substituents is 1. The largest absolute Gasteiger partial charge is 0.397 e. The van der Waals surface area contributed by atoms with E-state index in [1.807, 2.05) is 6.07 Å². The summed E-state index contributed by atoms with van der Waals surface area (Å²) in [6.45, 7) is 0. The second-order valence-corrected chi connectivity index (χ2v) is 6.51. The molecule has 0 bridgehead atoms. The molecule has 2 rings (SSSR count). The van der Waals surface area contributed by atoms with Crippen molar-refractivity contribution in [1.29, 1.82) is 0 Å². The minimum absolute atomic E-state index is 0.0312. The van der Waals surface area contributed by atoms with Gasteiger partial charge in [0.25, 0.3) is 11.6 Å². The van der Waals surface area contributed by atoms with Gasteiger partial charge in [-0.2, -0.15) is 0 Å². The highest BCUT2D eigenvalue weighted by atomic mass is 127. The summed E-state index contributed by atoms with van der Waals surface area (Å²) >= 11 is 4.18. The van der Waals surface area contributed by atoms with Crippen molar-refractivity contribution < 1.29 is 9.72 Å². The lowest BCUT2D eigenvalue weighted by Gasteiger charge is -2.09. The van der Waals surface area contributed by atoms with Gasteiger partial charge in [-0.15, -0.1) is 0 Å². The van der Waals surface area contributed by atoms with Crippen LogP contribution in [0.25, 0.3) is 0 Å². The van der Waals surface area contributed by atoms with Gasteiger partial charge in [0.1, 0.15) is 0 Å². The van der Waals surface area contributed by atoms with Crippen LogP contribution in [-0.2, 0) is 0 Å². The molecule has 0 aliphatic rings. The summed E-state index contributed by atoms with van der Waals surface area (Å²) in [5.74, 6) is -0.349. The maximum atomic E-state index is 12.2. The van der Waals surface area contributed by atoms with E-state index in [9.17, 15) is 14.9 Å². The number of hydrogen-bond acceptors (Lipinski definition) is 4. The van der Waals surface area contributed by atoms with Crippen molar-refractivity contribution in [3.63, 3.8) is 0 Å². The molecule has 0 saturated heterocycles. The summed E-state index contributed by atoms with van der Waals surface area (Å²) in [6.07, 6.45) is 0. The van der Waals surface area contributed by atoms with Gasteiger partial charge in [-0.25, -0.2) is 0 Å². The van der Waals surface area contributed by atoms with Gasteiger partial charge in [0, 0.05) is 25.0 Å². The van der Waals surface area contributed by atoms with Crippen LogP contribution in [0, 0.1) is 17.3 Å². The molecule has 1 amide bonds. The zero-order valence-corrected chi connectivity index (χ0v) is 14.8. The van der Waals surface area contributed by atoms with Crippen LogP contribution in [0.2, 0.25) is 0 Å². The monoisotopic (exact) mass is 509 g/mol. The van der Waals surface area contributed by atoms with Crippen LogP contribution in [0.4, 0.5) is 17.1 Å². The molecule has 0 unspecified atom stereocenters. The average molecular weight is 509 g/mol. The van der Waals surface area contributed by atoms with Crippen molar-refractivity contribution in [2.24, 2.45) is 0 Å². The second kappa shape index (κ2) is 6.56. The Morgan fingerprint density at radius 1 is 1.19 bits per heavy atom. The summed E-state index contributed by atoms with van der Waals surface area (Å²) in [4.78, 5) is 22.3. The first-order chi connectivity index (χ1) is 9.88. The lowest BCUT2D eigenvalue weighted by atomic mass is 10.1. The molecule has 0 atom stereocenters. The summed E-state index contributed by atoms with van der Waals surface area (Å²) in [6, 6.07) is 9.18. The lowest BCUT2D eigenvalue weighted by molar-refractivity contribution is -0.384. The smallest absolute Gasteiger partial charge is 0.269 e. The number of carbonyl (C=O) groups excluding carboxylic acids is 1. The van der Waals surface area contributed by atoms with E-state index in [1.165, 1.54) is 24.3 Å². The van der Waals surface area contributed by atoms with Gasteiger partial charge in [0.15, 0.2) is 0 Å². The van der Waals surface area contributed by atoms with Gasteiger partial charge in [-0.05, 0) is 69.4 Å². The molecule has 0 aliphatic carbocycles. The maximum Gasteiger partial charge on any atom is 0.269 e. The topological polar surface area (TPSA) is 98.3 Å². The van der Waals surface area contributed by atoms with Crippen LogP contribution in [0.15, 0.2) is 36.4 Å². The number of nitro benzene ring substituents is 1. The molecule has 0 saturated carbocycles.